The normalized spacial score (nSPS) is 20.2. The van der Waals surface area contributed by atoms with Crippen molar-refractivity contribution in [2.75, 3.05) is 19.7 Å². The molecule has 0 radical (unpaired) electrons. The van der Waals surface area contributed by atoms with E-state index >= 15 is 0 Å². The van der Waals surface area contributed by atoms with Gasteiger partial charge in [-0.15, -0.1) is 4.31 Å². The third-order valence-corrected chi connectivity index (χ3v) is 7.39. The van der Waals surface area contributed by atoms with Gasteiger partial charge in [0.25, 0.3) is 0 Å². The zero-order valence-electron chi connectivity index (χ0n) is 17.8. The van der Waals surface area contributed by atoms with Gasteiger partial charge in [0, 0.05) is 6.20 Å². The van der Waals surface area contributed by atoms with E-state index in [1.165, 1.54) is 34.9 Å². The number of carbonyl (C=O) groups excluding carboxylic acids is 1. The van der Waals surface area contributed by atoms with Crippen LogP contribution in [0.3, 0.4) is 0 Å². The summed E-state index contributed by atoms with van der Waals surface area (Å²) >= 11 is 0. The van der Waals surface area contributed by atoms with Crippen molar-refractivity contribution in [3.63, 3.8) is 0 Å². The first-order valence-electron chi connectivity index (χ1n) is 10.6. The third-order valence-electron chi connectivity index (χ3n) is 5.54. The Bertz CT molecular complexity index is 1120. The minimum Gasteiger partial charge on any atom is -0.593 e. The molecule has 1 fully saturated rings. The Morgan fingerprint density at radius 2 is 1.91 bits per heavy atom. The van der Waals surface area contributed by atoms with Crippen LogP contribution in [0.1, 0.15) is 18.0 Å². The standard InChI is InChI=1S/C24H24FN3O4S/c25-20-10-8-18(9-11-20)23-15-19(17-28(23)33(30,31)22-7-4-12-26-16-22)24(29)27-13-14-32-21-5-2-1-3-6-21/h1-12,16,19,23H,13-15,17H2,(H-,27,29,30,31)/t19-,23+/m1/s1. The number of aromatic nitrogens is 1. The summed E-state index contributed by atoms with van der Waals surface area (Å²) in [5.74, 6) is -0.505. The van der Waals surface area contributed by atoms with Crippen molar-refractivity contribution in [1.82, 2.24) is 14.6 Å². The Morgan fingerprint density at radius 1 is 1.15 bits per heavy atom. The summed E-state index contributed by atoms with van der Waals surface area (Å²) in [5, 5.41) is 2.83. The van der Waals surface area contributed by atoms with Crippen LogP contribution in [0.2, 0.25) is 0 Å². The highest BCUT2D eigenvalue weighted by Crippen LogP contribution is 2.41. The molecule has 7 nitrogen and oxygen atoms in total. The van der Waals surface area contributed by atoms with E-state index in [1.807, 2.05) is 30.3 Å². The highest BCUT2D eigenvalue weighted by atomic mass is 32.3. The molecule has 1 amide bonds. The molecule has 172 valence electrons. The van der Waals surface area contributed by atoms with Crippen LogP contribution in [0.15, 0.2) is 84.0 Å². The van der Waals surface area contributed by atoms with Crippen molar-refractivity contribution in [3.8, 4) is 5.75 Å². The van der Waals surface area contributed by atoms with Crippen LogP contribution >= 0.6 is 0 Å². The number of pyridine rings is 1. The molecule has 9 heteroatoms. The molecule has 1 aromatic heterocycles. The molecule has 1 aliphatic rings. The van der Waals surface area contributed by atoms with E-state index in [0.29, 0.717) is 24.5 Å². The second-order valence-electron chi connectivity index (χ2n) is 7.72. The number of para-hydroxylation sites is 1. The van der Waals surface area contributed by atoms with E-state index in [1.54, 1.807) is 18.2 Å². The van der Waals surface area contributed by atoms with Crippen LogP contribution in [-0.2, 0) is 19.4 Å². The van der Waals surface area contributed by atoms with Gasteiger partial charge in [-0.05, 0) is 48.4 Å². The summed E-state index contributed by atoms with van der Waals surface area (Å²) < 4.78 is 47.0. The number of benzene rings is 2. The molecule has 0 bridgehead atoms. The van der Waals surface area contributed by atoms with Gasteiger partial charge in [-0.3, -0.25) is 9.78 Å². The van der Waals surface area contributed by atoms with E-state index in [4.69, 9.17) is 4.74 Å². The maximum Gasteiger partial charge on any atom is 0.224 e. The summed E-state index contributed by atoms with van der Waals surface area (Å²) in [4.78, 5) is 16.8. The highest BCUT2D eigenvalue weighted by molar-refractivity contribution is 7.95. The summed E-state index contributed by atoms with van der Waals surface area (Å²) in [5.41, 5.74) is 0.631. The quantitative estimate of drug-likeness (QED) is 0.403. The van der Waals surface area contributed by atoms with E-state index in [0.717, 1.165) is 0 Å². The zero-order chi connectivity index (χ0) is 23.3. The molecule has 1 N–H and O–H groups in total. The molecule has 1 saturated heterocycles. The molecule has 0 aliphatic carbocycles. The number of carbonyl (C=O) groups is 1. The average Bonchev–Trinajstić information content (AvgIpc) is 3.30. The Balaban J connectivity index is 1.46. The van der Waals surface area contributed by atoms with Gasteiger partial charge in [0.05, 0.1) is 31.2 Å². The molecule has 2 aromatic carbocycles. The Morgan fingerprint density at radius 3 is 2.61 bits per heavy atom. The molecule has 1 unspecified atom stereocenters. The largest absolute Gasteiger partial charge is 0.593 e. The molecule has 3 atom stereocenters. The van der Waals surface area contributed by atoms with Crippen LogP contribution in [0.25, 0.3) is 0 Å². The SMILES string of the molecule is O=C(NCCOc1ccccc1)[C@@H]1C[C@@H](c2ccc(F)cc2)N([S+](=O)([O-])c2cccnc2)C1. The molecule has 0 saturated carbocycles. The second-order valence-corrected chi connectivity index (χ2v) is 9.61. The maximum absolute atomic E-state index is 13.5. The lowest BCUT2D eigenvalue weighted by Gasteiger charge is -2.28. The number of hydrogen-bond donors (Lipinski definition) is 1. The predicted octanol–water partition coefficient (Wildman–Crippen LogP) is 3.38. The van der Waals surface area contributed by atoms with Crippen molar-refractivity contribution in [3.05, 3.63) is 90.5 Å². The Kier molecular flexibility index (Phi) is 7.12. The minimum absolute atomic E-state index is 0.0185. The number of halogens is 1. The average molecular weight is 470 g/mol. The fourth-order valence-corrected chi connectivity index (χ4v) is 5.52. The zero-order valence-corrected chi connectivity index (χ0v) is 18.6. The number of hydrogen-bond acceptors (Lipinski definition) is 5. The summed E-state index contributed by atoms with van der Waals surface area (Å²) in [6, 6.07) is 17.4. The van der Waals surface area contributed by atoms with E-state index in [2.05, 4.69) is 10.3 Å². The number of nitrogens with zero attached hydrogens (tertiary/aromatic N) is 2. The molecule has 1 aliphatic heterocycles. The summed E-state index contributed by atoms with van der Waals surface area (Å²) in [6.07, 6.45) is 3.07. The molecule has 33 heavy (non-hydrogen) atoms. The Hall–Kier alpha value is -3.14. The number of sulfonamides is 1. The first-order chi connectivity index (χ1) is 15.9. The molecular formula is C24H24FN3O4S. The van der Waals surface area contributed by atoms with E-state index < -0.39 is 28.2 Å². The van der Waals surface area contributed by atoms with Crippen LogP contribution in [0, 0.1) is 11.7 Å². The smallest absolute Gasteiger partial charge is 0.224 e. The minimum atomic E-state index is -3.90. The lowest BCUT2D eigenvalue weighted by atomic mass is 9.99. The first-order valence-corrected chi connectivity index (χ1v) is 12.0. The third kappa shape index (κ3) is 5.44. The van der Waals surface area contributed by atoms with Gasteiger partial charge in [0.1, 0.15) is 18.2 Å². The van der Waals surface area contributed by atoms with Gasteiger partial charge in [-0.25, -0.2) is 4.39 Å². The lowest BCUT2D eigenvalue weighted by molar-refractivity contribution is -0.124. The molecule has 3 aromatic rings. The van der Waals surface area contributed by atoms with Crippen molar-refractivity contribution in [1.29, 1.82) is 0 Å². The second kappa shape index (κ2) is 10.2. The van der Waals surface area contributed by atoms with Gasteiger partial charge < -0.3 is 14.6 Å². The molecule has 0 spiro atoms. The number of ether oxygens (including phenoxy) is 1. The van der Waals surface area contributed by atoms with Crippen molar-refractivity contribution in [2.45, 2.75) is 17.4 Å². The fraction of sp³-hybridized carbons (Fsp3) is 0.250. The van der Waals surface area contributed by atoms with Gasteiger partial charge in [0.15, 0.2) is 15.3 Å². The van der Waals surface area contributed by atoms with E-state index in [9.17, 15) is 17.9 Å². The van der Waals surface area contributed by atoms with Gasteiger partial charge >= 0.3 is 0 Å². The monoisotopic (exact) mass is 469 g/mol. The number of rotatable bonds is 8. The fourth-order valence-electron chi connectivity index (χ4n) is 3.89. The van der Waals surface area contributed by atoms with Crippen molar-refractivity contribution in [2.24, 2.45) is 5.92 Å². The topological polar surface area (TPSA) is 94.6 Å². The molecule has 2 heterocycles. The van der Waals surface area contributed by atoms with Crippen LogP contribution in [-0.4, -0.2) is 39.4 Å². The highest BCUT2D eigenvalue weighted by Gasteiger charge is 2.47. The van der Waals surface area contributed by atoms with Crippen LogP contribution < -0.4 is 10.1 Å². The van der Waals surface area contributed by atoms with Crippen LogP contribution in [0.5, 0.6) is 5.75 Å². The summed E-state index contributed by atoms with van der Waals surface area (Å²) in [6.45, 7) is 0.604. The molecule has 4 rings (SSSR count). The van der Waals surface area contributed by atoms with Crippen LogP contribution in [0.4, 0.5) is 4.39 Å². The summed E-state index contributed by atoms with van der Waals surface area (Å²) in [7, 11) is -3.90. The van der Waals surface area contributed by atoms with Gasteiger partial charge in [-0.2, -0.15) is 0 Å². The van der Waals surface area contributed by atoms with Gasteiger partial charge in [0.2, 0.25) is 5.91 Å². The van der Waals surface area contributed by atoms with Crippen molar-refractivity contribution >= 4 is 16.3 Å². The van der Waals surface area contributed by atoms with Gasteiger partial charge in [-0.1, -0.05) is 34.5 Å². The van der Waals surface area contributed by atoms with E-state index in [-0.39, 0.29) is 23.8 Å². The number of nitrogens with one attached hydrogen (secondary N) is 1. The molecular weight excluding hydrogens is 445 g/mol. The predicted molar refractivity (Wildman–Crippen MR) is 120 cm³/mol. The van der Waals surface area contributed by atoms with Crippen molar-refractivity contribution < 1.29 is 22.7 Å². The lowest BCUT2D eigenvalue weighted by Crippen LogP contribution is -2.39. The maximum atomic E-state index is 13.5. The first kappa shape index (κ1) is 23.0. The Labute approximate surface area is 193 Å². The number of amides is 1.